The van der Waals surface area contributed by atoms with Gasteiger partial charge in [0.25, 0.3) is 0 Å². The lowest BCUT2D eigenvalue weighted by atomic mass is 10.0. The quantitative estimate of drug-likeness (QED) is 0.309. The van der Waals surface area contributed by atoms with Crippen LogP contribution >= 0.6 is 11.6 Å². The van der Waals surface area contributed by atoms with E-state index in [0.29, 0.717) is 22.5 Å². The van der Waals surface area contributed by atoms with Gasteiger partial charge in [0.15, 0.2) is 17.5 Å². The minimum absolute atomic E-state index is 0.545. The minimum atomic E-state index is 0.545. The van der Waals surface area contributed by atoms with E-state index in [2.05, 4.69) is 18.0 Å². The van der Waals surface area contributed by atoms with Gasteiger partial charge < -0.3 is 0 Å². The number of aryl methyl sites for hydroxylation is 1. The third kappa shape index (κ3) is 4.01. The van der Waals surface area contributed by atoms with Crippen LogP contribution in [-0.4, -0.2) is 19.9 Å². The molecule has 2 aromatic heterocycles. The van der Waals surface area contributed by atoms with Gasteiger partial charge in [-0.15, -0.1) is 0 Å². The number of rotatable bonds is 4. The summed E-state index contributed by atoms with van der Waals surface area (Å²) in [5.74, 6) is 1.75. The fraction of sp³-hybridized carbons (Fsp3) is 0.0370. The lowest BCUT2D eigenvalue weighted by molar-refractivity contribution is 1.07. The van der Waals surface area contributed by atoms with Gasteiger partial charge in [-0.2, -0.15) is 0 Å². The van der Waals surface area contributed by atoms with Crippen LogP contribution in [0.4, 0.5) is 0 Å². The smallest absolute Gasteiger partial charge is 0.165 e. The highest BCUT2D eigenvalue weighted by Crippen LogP contribution is 2.29. The van der Waals surface area contributed by atoms with Crippen molar-refractivity contribution >= 4 is 11.6 Å². The fourth-order valence-electron chi connectivity index (χ4n) is 3.55. The summed E-state index contributed by atoms with van der Waals surface area (Å²) in [4.78, 5) is 18.8. The standard InChI is InChI=1S/C27H19ClN4/c1-18-8-7-17-29-24(18)19-13-15-21(16-14-19)26-30-25(20-9-3-2-4-10-20)31-27(32-26)22-11-5-6-12-23(22)28/h2-17H,1H3. The number of hydrogen-bond donors (Lipinski definition) is 0. The van der Waals surface area contributed by atoms with E-state index in [0.717, 1.165) is 33.5 Å². The second-order valence-electron chi connectivity index (χ2n) is 7.40. The molecule has 5 rings (SSSR count). The topological polar surface area (TPSA) is 51.6 Å². The third-order valence-electron chi connectivity index (χ3n) is 5.21. The van der Waals surface area contributed by atoms with E-state index >= 15 is 0 Å². The van der Waals surface area contributed by atoms with Gasteiger partial charge >= 0.3 is 0 Å². The van der Waals surface area contributed by atoms with Gasteiger partial charge in [0, 0.05) is 28.5 Å². The summed E-state index contributed by atoms with van der Waals surface area (Å²) < 4.78 is 0. The molecular formula is C27H19ClN4. The number of aromatic nitrogens is 4. The van der Waals surface area contributed by atoms with E-state index in [4.69, 9.17) is 26.6 Å². The van der Waals surface area contributed by atoms with Crippen LogP contribution in [-0.2, 0) is 0 Å². The van der Waals surface area contributed by atoms with Crippen LogP contribution in [0, 0.1) is 6.92 Å². The zero-order valence-corrected chi connectivity index (χ0v) is 18.2. The van der Waals surface area contributed by atoms with Crippen molar-refractivity contribution in [3.63, 3.8) is 0 Å². The van der Waals surface area contributed by atoms with Crippen LogP contribution in [0.3, 0.4) is 0 Å². The van der Waals surface area contributed by atoms with E-state index in [1.54, 1.807) is 0 Å². The maximum Gasteiger partial charge on any atom is 0.165 e. The maximum absolute atomic E-state index is 6.45. The van der Waals surface area contributed by atoms with Gasteiger partial charge in [0.05, 0.1) is 10.7 Å². The average Bonchev–Trinajstić information content (AvgIpc) is 2.85. The first-order chi connectivity index (χ1) is 15.7. The molecule has 5 aromatic rings. The monoisotopic (exact) mass is 434 g/mol. The van der Waals surface area contributed by atoms with Crippen LogP contribution in [0.15, 0.2) is 97.2 Å². The highest BCUT2D eigenvalue weighted by atomic mass is 35.5. The van der Waals surface area contributed by atoms with E-state index in [9.17, 15) is 0 Å². The largest absolute Gasteiger partial charge is 0.256 e. The van der Waals surface area contributed by atoms with Crippen LogP contribution in [0.5, 0.6) is 0 Å². The number of nitrogens with zero attached hydrogens (tertiary/aromatic N) is 4. The molecule has 0 aliphatic heterocycles. The second-order valence-corrected chi connectivity index (χ2v) is 7.81. The molecule has 0 aliphatic carbocycles. The summed E-state index contributed by atoms with van der Waals surface area (Å²) in [6.07, 6.45) is 1.81. The van der Waals surface area contributed by atoms with Crippen LogP contribution < -0.4 is 0 Å². The number of halogens is 1. The van der Waals surface area contributed by atoms with Crippen molar-refractivity contribution in [3.05, 3.63) is 108 Å². The molecule has 0 saturated carbocycles. The molecule has 4 nitrogen and oxygen atoms in total. The van der Waals surface area contributed by atoms with Crippen LogP contribution in [0.25, 0.3) is 45.4 Å². The Morgan fingerprint density at radius 2 is 1.16 bits per heavy atom. The molecule has 32 heavy (non-hydrogen) atoms. The molecule has 0 bridgehead atoms. The summed E-state index contributed by atoms with van der Waals surface area (Å²) >= 11 is 6.45. The van der Waals surface area contributed by atoms with Crippen molar-refractivity contribution in [2.45, 2.75) is 6.92 Å². The van der Waals surface area contributed by atoms with Gasteiger partial charge in [-0.05, 0) is 30.7 Å². The normalized spacial score (nSPS) is 10.8. The molecule has 154 valence electrons. The lowest BCUT2D eigenvalue weighted by Crippen LogP contribution is -2.00. The minimum Gasteiger partial charge on any atom is -0.256 e. The Morgan fingerprint density at radius 1 is 0.562 bits per heavy atom. The molecule has 0 N–H and O–H groups in total. The molecule has 0 fully saturated rings. The fourth-order valence-corrected chi connectivity index (χ4v) is 3.77. The molecule has 0 radical (unpaired) electrons. The summed E-state index contributed by atoms with van der Waals surface area (Å²) in [6, 6.07) is 29.6. The van der Waals surface area contributed by atoms with E-state index in [-0.39, 0.29) is 0 Å². The van der Waals surface area contributed by atoms with Crippen LogP contribution in [0.1, 0.15) is 5.56 Å². The Labute approximate surface area is 191 Å². The van der Waals surface area contributed by atoms with Gasteiger partial charge in [0.1, 0.15) is 0 Å². The number of hydrogen-bond acceptors (Lipinski definition) is 4. The van der Waals surface area contributed by atoms with E-state index in [1.165, 1.54) is 0 Å². The zero-order valence-electron chi connectivity index (χ0n) is 17.4. The molecule has 5 heteroatoms. The lowest BCUT2D eigenvalue weighted by Gasteiger charge is -2.10. The highest BCUT2D eigenvalue weighted by molar-refractivity contribution is 6.33. The first kappa shape index (κ1) is 20.0. The zero-order chi connectivity index (χ0) is 21.9. The average molecular weight is 435 g/mol. The molecule has 3 aromatic carbocycles. The number of pyridine rings is 1. The summed E-state index contributed by atoms with van der Waals surface area (Å²) in [5, 5.41) is 0.602. The Kier molecular flexibility index (Phi) is 5.44. The van der Waals surface area contributed by atoms with Gasteiger partial charge in [-0.1, -0.05) is 84.4 Å². The van der Waals surface area contributed by atoms with Crippen molar-refractivity contribution in [1.29, 1.82) is 0 Å². The molecule has 0 aliphatic rings. The summed E-state index contributed by atoms with van der Waals surface area (Å²) in [7, 11) is 0. The first-order valence-electron chi connectivity index (χ1n) is 10.3. The summed E-state index contributed by atoms with van der Waals surface area (Å²) in [5.41, 5.74) is 5.75. The molecule has 0 unspecified atom stereocenters. The van der Waals surface area contributed by atoms with Gasteiger partial charge in [-0.3, -0.25) is 4.98 Å². The van der Waals surface area contributed by atoms with E-state index < -0.39 is 0 Å². The molecule has 2 heterocycles. The molecule has 0 atom stereocenters. The Bertz CT molecular complexity index is 1380. The van der Waals surface area contributed by atoms with E-state index in [1.807, 2.05) is 91.1 Å². The van der Waals surface area contributed by atoms with Crippen molar-refractivity contribution in [3.8, 4) is 45.4 Å². The van der Waals surface area contributed by atoms with Crippen molar-refractivity contribution in [1.82, 2.24) is 19.9 Å². The summed E-state index contributed by atoms with van der Waals surface area (Å²) in [6.45, 7) is 2.06. The third-order valence-corrected chi connectivity index (χ3v) is 5.54. The van der Waals surface area contributed by atoms with Crippen molar-refractivity contribution < 1.29 is 0 Å². The van der Waals surface area contributed by atoms with Crippen molar-refractivity contribution in [2.75, 3.05) is 0 Å². The number of benzene rings is 3. The molecule has 0 saturated heterocycles. The first-order valence-corrected chi connectivity index (χ1v) is 10.7. The Morgan fingerprint density at radius 3 is 1.84 bits per heavy atom. The van der Waals surface area contributed by atoms with Gasteiger partial charge in [-0.25, -0.2) is 15.0 Å². The molecular weight excluding hydrogens is 416 g/mol. The predicted octanol–water partition coefficient (Wildman–Crippen LogP) is 6.90. The molecule has 0 spiro atoms. The maximum atomic E-state index is 6.45. The Hall–Kier alpha value is -3.89. The van der Waals surface area contributed by atoms with Crippen LogP contribution in [0.2, 0.25) is 5.02 Å². The Balaban J connectivity index is 1.63. The predicted molar refractivity (Wildman–Crippen MR) is 129 cm³/mol. The highest BCUT2D eigenvalue weighted by Gasteiger charge is 2.14. The molecule has 0 amide bonds. The second kappa shape index (κ2) is 8.69. The van der Waals surface area contributed by atoms with Crippen molar-refractivity contribution in [2.24, 2.45) is 0 Å². The van der Waals surface area contributed by atoms with Gasteiger partial charge in [0.2, 0.25) is 0 Å². The SMILES string of the molecule is Cc1cccnc1-c1ccc(-c2nc(-c3ccccc3)nc(-c3ccccc3Cl)n2)cc1.